The van der Waals surface area contributed by atoms with Crippen molar-refractivity contribution in [2.75, 3.05) is 13.1 Å². The van der Waals surface area contributed by atoms with Crippen LogP contribution in [0.1, 0.15) is 30.9 Å². The van der Waals surface area contributed by atoms with Crippen molar-refractivity contribution < 1.29 is 0 Å². The van der Waals surface area contributed by atoms with Gasteiger partial charge in [-0.3, -0.25) is 0 Å². The Labute approximate surface area is 110 Å². The van der Waals surface area contributed by atoms with Gasteiger partial charge in [-0.2, -0.15) is 0 Å². The first-order valence-corrected chi connectivity index (χ1v) is 7.36. The van der Waals surface area contributed by atoms with Crippen LogP contribution >= 0.6 is 0 Å². The molecule has 2 nitrogen and oxygen atoms in total. The molecule has 1 saturated heterocycles. The van der Waals surface area contributed by atoms with Crippen molar-refractivity contribution in [1.82, 2.24) is 10.6 Å². The van der Waals surface area contributed by atoms with Crippen molar-refractivity contribution in [2.24, 2.45) is 5.92 Å². The molecule has 2 N–H and O–H groups in total. The van der Waals surface area contributed by atoms with E-state index in [1.807, 2.05) is 0 Å². The molecule has 98 valence electrons. The van der Waals surface area contributed by atoms with Crippen LogP contribution in [0.25, 0.3) is 0 Å². The third kappa shape index (κ3) is 2.60. The number of hydrogen-bond acceptors (Lipinski definition) is 2. The highest BCUT2D eigenvalue weighted by atomic mass is 15.0. The summed E-state index contributed by atoms with van der Waals surface area (Å²) in [6.45, 7) is 4.70. The van der Waals surface area contributed by atoms with Crippen molar-refractivity contribution in [3.05, 3.63) is 35.4 Å². The molecule has 1 aliphatic carbocycles. The number of piperidine rings is 1. The van der Waals surface area contributed by atoms with E-state index < -0.39 is 0 Å². The second-order valence-corrected chi connectivity index (χ2v) is 5.95. The van der Waals surface area contributed by atoms with Crippen molar-refractivity contribution in [1.29, 1.82) is 0 Å². The van der Waals surface area contributed by atoms with Gasteiger partial charge in [0.25, 0.3) is 0 Å². The van der Waals surface area contributed by atoms with E-state index in [2.05, 4.69) is 41.8 Å². The van der Waals surface area contributed by atoms with Crippen LogP contribution in [0.15, 0.2) is 24.3 Å². The molecule has 1 aliphatic heterocycles. The second kappa shape index (κ2) is 5.41. The zero-order valence-corrected chi connectivity index (χ0v) is 11.3. The van der Waals surface area contributed by atoms with Crippen molar-refractivity contribution in [2.45, 2.75) is 44.7 Å². The number of rotatable bonds is 2. The van der Waals surface area contributed by atoms with Crippen LogP contribution in [-0.4, -0.2) is 25.2 Å². The van der Waals surface area contributed by atoms with Gasteiger partial charge in [0.15, 0.2) is 0 Å². The molecule has 1 fully saturated rings. The third-order valence-electron chi connectivity index (χ3n) is 4.58. The minimum atomic E-state index is 0.686. The molecule has 3 rings (SSSR count). The minimum absolute atomic E-state index is 0.686. The lowest BCUT2D eigenvalue weighted by Gasteiger charge is -2.35. The predicted molar refractivity (Wildman–Crippen MR) is 75.8 cm³/mol. The molecular weight excluding hydrogens is 220 g/mol. The van der Waals surface area contributed by atoms with Crippen LogP contribution in [0.3, 0.4) is 0 Å². The van der Waals surface area contributed by atoms with E-state index >= 15 is 0 Å². The van der Waals surface area contributed by atoms with Crippen LogP contribution < -0.4 is 10.6 Å². The molecule has 18 heavy (non-hydrogen) atoms. The summed E-state index contributed by atoms with van der Waals surface area (Å²) in [5.41, 5.74) is 3.12. The average Bonchev–Trinajstić information content (AvgIpc) is 2.41. The molecule has 0 spiro atoms. The summed E-state index contributed by atoms with van der Waals surface area (Å²) in [4.78, 5) is 0. The van der Waals surface area contributed by atoms with Gasteiger partial charge >= 0.3 is 0 Å². The first-order chi connectivity index (χ1) is 8.83. The second-order valence-electron chi connectivity index (χ2n) is 5.95. The summed E-state index contributed by atoms with van der Waals surface area (Å²) < 4.78 is 0. The maximum Gasteiger partial charge on any atom is 0.0120 e. The van der Waals surface area contributed by atoms with Gasteiger partial charge in [0.05, 0.1) is 0 Å². The van der Waals surface area contributed by atoms with Gasteiger partial charge in [-0.05, 0) is 55.8 Å². The Morgan fingerprint density at radius 3 is 2.83 bits per heavy atom. The van der Waals surface area contributed by atoms with Gasteiger partial charge in [0.1, 0.15) is 0 Å². The maximum atomic E-state index is 3.91. The SMILES string of the molecule is CC1CNCCC1NC1CCc2ccccc2C1. The summed E-state index contributed by atoms with van der Waals surface area (Å²) in [6, 6.07) is 10.3. The topological polar surface area (TPSA) is 24.1 Å². The molecule has 2 heteroatoms. The minimum Gasteiger partial charge on any atom is -0.316 e. The molecule has 1 heterocycles. The Bertz CT molecular complexity index is 402. The number of fused-ring (bicyclic) bond motifs is 1. The number of nitrogens with one attached hydrogen (secondary N) is 2. The van der Waals surface area contributed by atoms with Gasteiger partial charge < -0.3 is 10.6 Å². The van der Waals surface area contributed by atoms with Crippen molar-refractivity contribution in [3.8, 4) is 0 Å². The molecule has 0 aromatic heterocycles. The monoisotopic (exact) mass is 244 g/mol. The van der Waals surface area contributed by atoms with Crippen molar-refractivity contribution in [3.63, 3.8) is 0 Å². The van der Waals surface area contributed by atoms with E-state index in [9.17, 15) is 0 Å². The fraction of sp³-hybridized carbons (Fsp3) is 0.625. The molecule has 0 bridgehead atoms. The maximum absolute atomic E-state index is 3.91. The summed E-state index contributed by atoms with van der Waals surface area (Å²) in [6.07, 6.45) is 5.03. The lowest BCUT2D eigenvalue weighted by molar-refractivity contribution is 0.263. The van der Waals surface area contributed by atoms with Crippen LogP contribution in [0.2, 0.25) is 0 Å². The van der Waals surface area contributed by atoms with E-state index in [1.165, 1.54) is 38.8 Å². The normalized spacial score (nSPS) is 31.9. The molecule has 3 unspecified atom stereocenters. The fourth-order valence-corrected chi connectivity index (χ4v) is 3.40. The van der Waals surface area contributed by atoms with Crippen LogP contribution in [0.4, 0.5) is 0 Å². The number of hydrogen-bond donors (Lipinski definition) is 2. The number of benzene rings is 1. The first kappa shape index (κ1) is 12.2. The Hall–Kier alpha value is -0.860. The van der Waals surface area contributed by atoms with Gasteiger partial charge in [-0.1, -0.05) is 31.2 Å². The highest BCUT2D eigenvalue weighted by Crippen LogP contribution is 2.22. The van der Waals surface area contributed by atoms with E-state index in [0.717, 1.165) is 5.92 Å². The Morgan fingerprint density at radius 1 is 1.17 bits per heavy atom. The average molecular weight is 244 g/mol. The molecule has 1 aromatic rings. The van der Waals surface area contributed by atoms with Crippen LogP contribution in [-0.2, 0) is 12.8 Å². The smallest absolute Gasteiger partial charge is 0.0120 e. The van der Waals surface area contributed by atoms with Gasteiger partial charge in [0, 0.05) is 12.1 Å². The van der Waals surface area contributed by atoms with Crippen molar-refractivity contribution >= 4 is 0 Å². The van der Waals surface area contributed by atoms with E-state index in [1.54, 1.807) is 11.1 Å². The Kier molecular flexibility index (Phi) is 3.67. The first-order valence-electron chi connectivity index (χ1n) is 7.36. The lowest BCUT2D eigenvalue weighted by Crippen LogP contribution is -2.51. The molecule has 0 radical (unpaired) electrons. The fourth-order valence-electron chi connectivity index (χ4n) is 3.40. The molecular formula is C16H24N2. The highest BCUT2D eigenvalue weighted by Gasteiger charge is 2.25. The summed E-state index contributed by atoms with van der Waals surface area (Å²) >= 11 is 0. The quantitative estimate of drug-likeness (QED) is 0.833. The van der Waals surface area contributed by atoms with Gasteiger partial charge in [-0.15, -0.1) is 0 Å². The zero-order valence-electron chi connectivity index (χ0n) is 11.3. The zero-order chi connectivity index (χ0) is 12.4. The van der Waals surface area contributed by atoms with Crippen LogP contribution in [0.5, 0.6) is 0 Å². The Morgan fingerprint density at radius 2 is 2.00 bits per heavy atom. The van der Waals surface area contributed by atoms with E-state index in [0.29, 0.717) is 12.1 Å². The molecule has 1 aromatic carbocycles. The summed E-state index contributed by atoms with van der Waals surface area (Å²) in [5, 5.41) is 7.39. The van der Waals surface area contributed by atoms with Gasteiger partial charge in [-0.25, -0.2) is 0 Å². The number of aryl methyl sites for hydroxylation is 1. The van der Waals surface area contributed by atoms with E-state index in [4.69, 9.17) is 0 Å². The van der Waals surface area contributed by atoms with Crippen LogP contribution in [0, 0.1) is 5.92 Å². The predicted octanol–water partition coefficient (Wildman–Crippen LogP) is 2.13. The third-order valence-corrected chi connectivity index (χ3v) is 4.58. The molecule has 0 amide bonds. The molecule has 3 atom stereocenters. The Balaban J connectivity index is 1.62. The highest BCUT2D eigenvalue weighted by molar-refractivity contribution is 5.30. The standard InChI is InChI=1S/C16H24N2/c1-12-11-17-9-8-16(12)18-15-7-6-13-4-2-3-5-14(13)10-15/h2-5,12,15-18H,6-11H2,1H3. The molecule has 2 aliphatic rings. The van der Waals surface area contributed by atoms with Gasteiger partial charge in [0.2, 0.25) is 0 Å². The largest absolute Gasteiger partial charge is 0.316 e. The lowest BCUT2D eigenvalue weighted by atomic mass is 9.86. The summed E-state index contributed by atoms with van der Waals surface area (Å²) in [5.74, 6) is 0.760. The van der Waals surface area contributed by atoms with E-state index in [-0.39, 0.29) is 0 Å². The summed E-state index contributed by atoms with van der Waals surface area (Å²) in [7, 11) is 0. The molecule has 0 saturated carbocycles.